The zero-order valence-electron chi connectivity index (χ0n) is 7.03. The van der Waals surface area contributed by atoms with E-state index in [1.807, 2.05) is 6.07 Å². The molecule has 65 valence electrons. The largest absolute Gasteiger partial charge is 0.0843 e. The lowest BCUT2D eigenvalue weighted by atomic mass is 10.1. The number of aryl methyl sites for hydroxylation is 1. The van der Waals surface area contributed by atoms with Crippen LogP contribution in [0.4, 0.5) is 0 Å². The van der Waals surface area contributed by atoms with Crippen molar-refractivity contribution in [2.75, 3.05) is 0 Å². The van der Waals surface area contributed by atoms with Gasteiger partial charge in [-0.2, -0.15) is 0 Å². The molecular formula is C10H11Cl2. The molecule has 0 amide bonds. The zero-order chi connectivity index (χ0) is 8.97. The maximum Gasteiger partial charge on any atom is 0.0502 e. The maximum absolute atomic E-state index is 5.82. The molecule has 0 saturated heterocycles. The van der Waals surface area contributed by atoms with Crippen molar-refractivity contribution in [2.24, 2.45) is 0 Å². The first-order valence-electron chi connectivity index (χ1n) is 4.09. The van der Waals surface area contributed by atoms with Crippen LogP contribution in [0.15, 0.2) is 12.1 Å². The van der Waals surface area contributed by atoms with Crippen LogP contribution in [-0.4, -0.2) is 0 Å². The Bertz CT molecular complexity index is 236. The molecule has 0 fully saturated rings. The van der Waals surface area contributed by atoms with Crippen LogP contribution >= 0.6 is 23.2 Å². The van der Waals surface area contributed by atoms with Gasteiger partial charge in [-0.15, -0.1) is 0 Å². The van der Waals surface area contributed by atoms with Gasteiger partial charge in [-0.05, 0) is 30.5 Å². The quantitative estimate of drug-likeness (QED) is 0.690. The molecular weight excluding hydrogens is 191 g/mol. The summed E-state index contributed by atoms with van der Waals surface area (Å²) in [7, 11) is 0. The molecule has 1 radical (unpaired) electrons. The number of rotatable bonds is 3. The maximum atomic E-state index is 5.82. The molecule has 0 atom stereocenters. The highest BCUT2D eigenvalue weighted by molar-refractivity contribution is 6.34. The van der Waals surface area contributed by atoms with Crippen LogP contribution < -0.4 is 0 Å². The van der Waals surface area contributed by atoms with Gasteiger partial charge >= 0.3 is 0 Å². The summed E-state index contributed by atoms with van der Waals surface area (Å²) in [5, 5.41) is 1.30. The fraction of sp³-hybridized carbons (Fsp3) is 0.400. The van der Waals surface area contributed by atoms with Crippen molar-refractivity contribution in [1.82, 2.24) is 0 Å². The molecule has 0 nitrogen and oxygen atoms in total. The summed E-state index contributed by atoms with van der Waals surface area (Å²) >= 11 is 11.6. The van der Waals surface area contributed by atoms with Gasteiger partial charge in [-0.3, -0.25) is 0 Å². The second kappa shape index (κ2) is 4.74. The summed E-state index contributed by atoms with van der Waals surface area (Å²) in [5.74, 6) is 0. The van der Waals surface area contributed by atoms with Gasteiger partial charge in [0.2, 0.25) is 0 Å². The molecule has 1 rings (SSSR count). The minimum atomic E-state index is 0.605. The lowest BCUT2D eigenvalue weighted by Crippen LogP contribution is -1.84. The second-order valence-electron chi connectivity index (χ2n) is 2.78. The Balaban J connectivity index is 2.72. The van der Waals surface area contributed by atoms with Crippen LogP contribution in [0, 0.1) is 6.07 Å². The molecule has 0 spiro atoms. The molecule has 0 aliphatic rings. The normalized spacial score (nSPS) is 10.2. The van der Waals surface area contributed by atoms with Crippen molar-refractivity contribution in [2.45, 2.75) is 26.2 Å². The summed E-state index contributed by atoms with van der Waals surface area (Å²) in [6.07, 6.45) is 3.35. The second-order valence-corrected chi connectivity index (χ2v) is 3.62. The highest BCUT2D eigenvalue weighted by Crippen LogP contribution is 2.19. The topological polar surface area (TPSA) is 0 Å². The van der Waals surface area contributed by atoms with E-state index in [-0.39, 0.29) is 0 Å². The standard InChI is InChI=1S/C10H11Cl2/c1-2-3-4-8-5-9(11)7-10(12)6-8/h5,7H,2-4H2,1H3. The highest BCUT2D eigenvalue weighted by atomic mass is 35.5. The van der Waals surface area contributed by atoms with Gasteiger partial charge in [0, 0.05) is 11.1 Å². The zero-order valence-corrected chi connectivity index (χ0v) is 8.54. The van der Waals surface area contributed by atoms with E-state index in [9.17, 15) is 0 Å². The van der Waals surface area contributed by atoms with Gasteiger partial charge in [0.25, 0.3) is 0 Å². The molecule has 0 aromatic heterocycles. The number of unbranched alkanes of at least 4 members (excludes halogenated alkanes) is 1. The fourth-order valence-corrected chi connectivity index (χ4v) is 1.59. The fourth-order valence-electron chi connectivity index (χ4n) is 1.06. The van der Waals surface area contributed by atoms with E-state index < -0.39 is 0 Å². The Kier molecular flexibility index (Phi) is 3.90. The number of hydrogen-bond donors (Lipinski definition) is 0. The van der Waals surface area contributed by atoms with Crippen LogP contribution in [0.2, 0.25) is 10.0 Å². The van der Waals surface area contributed by atoms with Gasteiger partial charge in [0.15, 0.2) is 0 Å². The van der Waals surface area contributed by atoms with Crippen molar-refractivity contribution in [3.63, 3.8) is 0 Å². The summed E-state index contributed by atoms with van der Waals surface area (Å²) < 4.78 is 0. The average molecular weight is 202 g/mol. The molecule has 2 heteroatoms. The molecule has 0 N–H and O–H groups in total. The smallest absolute Gasteiger partial charge is 0.0502 e. The Morgan fingerprint density at radius 1 is 1.33 bits per heavy atom. The van der Waals surface area contributed by atoms with Gasteiger partial charge in [-0.25, -0.2) is 0 Å². The first-order valence-corrected chi connectivity index (χ1v) is 4.85. The third-order valence-electron chi connectivity index (χ3n) is 1.66. The molecule has 1 aromatic carbocycles. The molecule has 0 unspecified atom stereocenters. The number of hydrogen-bond acceptors (Lipinski definition) is 0. The van der Waals surface area contributed by atoms with E-state index in [4.69, 9.17) is 23.2 Å². The average Bonchev–Trinajstić information content (AvgIpc) is 1.99. The van der Waals surface area contributed by atoms with E-state index in [2.05, 4.69) is 13.0 Å². The molecule has 0 aliphatic heterocycles. The van der Waals surface area contributed by atoms with Crippen LogP contribution in [0.5, 0.6) is 0 Å². The molecule has 0 heterocycles. The first kappa shape index (κ1) is 9.88. The van der Waals surface area contributed by atoms with Crippen molar-refractivity contribution < 1.29 is 0 Å². The van der Waals surface area contributed by atoms with Crippen LogP contribution in [0.25, 0.3) is 0 Å². The van der Waals surface area contributed by atoms with Gasteiger partial charge in [0.1, 0.15) is 0 Å². The van der Waals surface area contributed by atoms with Crippen molar-refractivity contribution in [3.8, 4) is 0 Å². The van der Waals surface area contributed by atoms with Crippen molar-refractivity contribution >= 4 is 23.2 Å². The third-order valence-corrected chi connectivity index (χ3v) is 2.08. The first-order chi connectivity index (χ1) is 5.72. The Labute approximate surface area is 83.5 Å². The van der Waals surface area contributed by atoms with Gasteiger partial charge in [-0.1, -0.05) is 36.5 Å². The van der Waals surface area contributed by atoms with Crippen LogP contribution in [0.1, 0.15) is 25.3 Å². The van der Waals surface area contributed by atoms with E-state index in [0.29, 0.717) is 10.0 Å². The minimum absolute atomic E-state index is 0.605. The summed E-state index contributed by atoms with van der Waals surface area (Å²) in [4.78, 5) is 0. The van der Waals surface area contributed by atoms with Crippen LogP contribution in [0.3, 0.4) is 0 Å². The van der Waals surface area contributed by atoms with E-state index in [1.54, 1.807) is 6.07 Å². The summed E-state index contributed by atoms with van der Waals surface area (Å²) in [6, 6.07) is 6.69. The van der Waals surface area contributed by atoms with Crippen molar-refractivity contribution in [1.29, 1.82) is 0 Å². The summed E-state index contributed by atoms with van der Waals surface area (Å²) in [5.41, 5.74) is 1.11. The Hall–Kier alpha value is -0.200. The van der Waals surface area contributed by atoms with Crippen LogP contribution in [-0.2, 0) is 6.42 Å². The monoisotopic (exact) mass is 201 g/mol. The van der Waals surface area contributed by atoms with Crippen molar-refractivity contribution in [3.05, 3.63) is 33.8 Å². The number of halogens is 2. The molecule has 0 aliphatic carbocycles. The van der Waals surface area contributed by atoms with Gasteiger partial charge < -0.3 is 0 Å². The molecule has 1 aromatic rings. The van der Waals surface area contributed by atoms with E-state index in [0.717, 1.165) is 18.4 Å². The minimum Gasteiger partial charge on any atom is -0.0843 e. The summed E-state index contributed by atoms with van der Waals surface area (Å²) in [6.45, 7) is 2.16. The van der Waals surface area contributed by atoms with E-state index in [1.165, 1.54) is 6.42 Å². The molecule has 0 bridgehead atoms. The lowest BCUT2D eigenvalue weighted by Gasteiger charge is -2.00. The SMILES string of the molecule is CCCCc1[c]c(Cl)cc(Cl)c1. The number of benzene rings is 1. The molecule has 0 saturated carbocycles. The van der Waals surface area contributed by atoms with Gasteiger partial charge in [0.05, 0.1) is 5.02 Å². The Morgan fingerprint density at radius 2 is 2.08 bits per heavy atom. The predicted molar refractivity (Wildman–Crippen MR) is 53.9 cm³/mol. The lowest BCUT2D eigenvalue weighted by molar-refractivity contribution is 0.794. The molecule has 12 heavy (non-hydrogen) atoms. The predicted octanol–water partition coefficient (Wildman–Crippen LogP) is 4.14. The van der Waals surface area contributed by atoms with E-state index >= 15 is 0 Å². The Morgan fingerprint density at radius 3 is 2.67 bits per heavy atom. The highest BCUT2D eigenvalue weighted by Gasteiger charge is 1.97. The third kappa shape index (κ3) is 3.04.